The van der Waals surface area contributed by atoms with E-state index in [9.17, 15) is 19.2 Å². The fraction of sp³-hybridized carbons (Fsp3) is 0.385. The second kappa shape index (κ2) is 9.67. The number of anilines is 1. The highest BCUT2D eigenvalue weighted by atomic mass is 16.5. The van der Waals surface area contributed by atoms with Crippen LogP contribution in [0.4, 0.5) is 10.5 Å². The summed E-state index contributed by atoms with van der Waals surface area (Å²) >= 11 is 0. The van der Waals surface area contributed by atoms with Gasteiger partial charge in [0.25, 0.3) is 11.8 Å². The molecule has 178 valence electrons. The number of amides is 4. The van der Waals surface area contributed by atoms with Crippen LogP contribution in [0, 0.1) is 6.92 Å². The second-order valence-electron chi connectivity index (χ2n) is 8.98. The summed E-state index contributed by atoms with van der Waals surface area (Å²) in [6.45, 7) is 1.94. The zero-order valence-electron chi connectivity index (χ0n) is 19.5. The molecule has 0 bridgehead atoms. The first kappa shape index (κ1) is 23.5. The highest BCUT2D eigenvalue weighted by Crippen LogP contribution is 2.33. The number of carbonyl (C=O) groups is 4. The van der Waals surface area contributed by atoms with Crippen molar-refractivity contribution in [2.45, 2.75) is 51.0 Å². The van der Waals surface area contributed by atoms with Crippen molar-refractivity contribution in [3.8, 4) is 5.75 Å². The van der Waals surface area contributed by atoms with Crippen molar-refractivity contribution in [1.29, 1.82) is 0 Å². The molecule has 4 amide bonds. The van der Waals surface area contributed by atoms with E-state index >= 15 is 0 Å². The predicted octanol–water partition coefficient (Wildman–Crippen LogP) is 3.82. The number of ether oxygens (including phenoxy) is 1. The summed E-state index contributed by atoms with van der Waals surface area (Å²) in [5, 5.41) is 2.84. The zero-order chi connectivity index (χ0) is 24.3. The molecule has 2 fully saturated rings. The van der Waals surface area contributed by atoms with Gasteiger partial charge in [-0.3, -0.25) is 19.3 Å². The van der Waals surface area contributed by atoms with Crippen molar-refractivity contribution in [1.82, 2.24) is 10.2 Å². The lowest BCUT2D eigenvalue weighted by molar-refractivity contribution is -0.136. The van der Waals surface area contributed by atoms with Crippen LogP contribution in [0.2, 0.25) is 0 Å². The van der Waals surface area contributed by atoms with E-state index in [4.69, 9.17) is 4.74 Å². The minimum Gasteiger partial charge on any atom is -0.426 e. The first-order chi connectivity index (χ1) is 16.3. The molecular weight excluding hydrogens is 434 g/mol. The molecular formula is C26H29N3O5. The average molecular weight is 464 g/mol. The number of carbonyl (C=O) groups excluding carboxylic acids is 4. The van der Waals surface area contributed by atoms with Crippen molar-refractivity contribution < 1.29 is 23.9 Å². The summed E-state index contributed by atoms with van der Waals surface area (Å²) in [6.07, 6.45) is 4.07. The Bertz CT molecular complexity index is 1090. The molecule has 1 N–H and O–H groups in total. The molecule has 0 unspecified atom stereocenters. The Labute approximate surface area is 198 Å². The number of hydrogen-bond donors (Lipinski definition) is 1. The maximum Gasteiger partial charge on any atom is 0.325 e. The van der Waals surface area contributed by atoms with Crippen molar-refractivity contribution in [2.75, 3.05) is 18.5 Å². The van der Waals surface area contributed by atoms with Crippen LogP contribution in [-0.2, 0) is 9.59 Å². The van der Waals surface area contributed by atoms with Gasteiger partial charge >= 0.3 is 12.0 Å². The smallest absolute Gasteiger partial charge is 0.325 e. The number of imide groups is 1. The number of hydrogen-bond acceptors (Lipinski definition) is 5. The lowest BCUT2D eigenvalue weighted by Crippen LogP contribution is -2.48. The largest absolute Gasteiger partial charge is 0.426 e. The highest BCUT2D eigenvalue weighted by molar-refractivity contribution is 6.07. The minimum atomic E-state index is -0.795. The van der Waals surface area contributed by atoms with E-state index < -0.39 is 17.5 Å². The highest BCUT2D eigenvalue weighted by Gasteiger charge is 2.51. The van der Waals surface area contributed by atoms with E-state index in [0.717, 1.165) is 29.7 Å². The maximum atomic E-state index is 12.8. The summed E-state index contributed by atoms with van der Waals surface area (Å²) in [4.78, 5) is 52.8. The lowest BCUT2D eigenvalue weighted by Gasteiger charge is -2.30. The monoisotopic (exact) mass is 463 g/mol. The Balaban J connectivity index is 1.31. The van der Waals surface area contributed by atoms with Crippen LogP contribution in [0.3, 0.4) is 0 Å². The molecule has 1 aliphatic heterocycles. The van der Waals surface area contributed by atoms with Crippen molar-refractivity contribution in [3.05, 3.63) is 59.7 Å². The van der Waals surface area contributed by atoms with Gasteiger partial charge in [-0.25, -0.2) is 4.79 Å². The molecule has 1 saturated carbocycles. The van der Waals surface area contributed by atoms with Crippen LogP contribution in [0.1, 0.15) is 54.4 Å². The van der Waals surface area contributed by atoms with Crippen molar-refractivity contribution >= 4 is 29.5 Å². The van der Waals surface area contributed by atoms with Crippen LogP contribution >= 0.6 is 0 Å². The fourth-order valence-electron chi connectivity index (χ4n) is 4.50. The number of urea groups is 1. The molecule has 0 radical (unpaired) electrons. The standard InChI is InChI=1S/C26H29N3O5/c1-18-6-8-19(9-7-18)23(31)28(2)20-10-12-21(13-11-20)34-22(30)14-17-29-24(32)26(27-25(29)33)15-4-3-5-16-26/h6-13H,3-5,14-17H2,1-2H3,(H,27,33). The quantitative estimate of drug-likeness (QED) is 0.399. The third-order valence-corrected chi connectivity index (χ3v) is 6.55. The number of aryl methyl sites for hydroxylation is 1. The van der Waals surface area contributed by atoms with Crippen LogP contribution in [0.25, 0.3) is 0 Å². The lowest BCUT2D eigenvalue weighted by atomic mass is 9.82. The fourth-order valence-corrected chi connectivity index (χ4v) is 4.50. The molecule has 2 aliphatic rings. The average Bonchev–Trinajstić information content (AvgIpc) is 3.06. The van der Waals surface area contributed by atoms with E-state index in [1.807, 2.05) is 19.1 Å². The van der Waals surface area contributed by atoms with E-state index in [1.54, 1.807) is 43.4 Å². The summed E-state index contributed by atoms with van der Waals surface area (Å²) in [5.74, 6) is -0.599. The van der Waals surface area contributed by atoms with Crippen LogP contribution in [0.5, 0.6) is 5.75 Å². The number of nitrogens with one attached hydrogen (secondary N) is 1. The maximum absolute atomic E-state index is 12.8. The zero-order valence-corrected chi connectivity index (χ0v) is 19.5. The van der Waals surface area contributed by atoms with Gasteiger partial charge in [-0.05, 0) is 56.2 Å². The molecule has 1 heterocycles. The molecule has 34 heavy (non-hydrogen) atoms. The van der Waals surface area contributed by atoms with Gasteiger partial charge in [0.15, 0.2) is 0 Å². The SMILES string of the molecule is Cc1ccc(C(=O)N(C)c2ccc(OC(=O)CCN3C(=O)NC4(CCCCC4)C3=O)cc2)cc1. The summed E-state index contributed by atoms with van der Waals surface area (Å²) in [7, 11) is 1.68. The molecule has 0 aromatic heterocycles. The number of benzene rings is 2. The molecule has 8 nitrogen and oxygen atoms in total. The summed E-state index contributed by atoms with van der Waals surface area (Å²) in [5.41, 5.74) is 1.52. The first-order valence-electron chi connectivity index (χ1n) is 11.6. The Morgan fingerprint density at radius 3 is 2.29 bits per heavy atom. The molecule has 1 saturated heterocycles. The molecule has 4 rings (SSSR count). The Hall–Kier alpha value is -3.68. The third-order valence-electron chi connectivity index (χ3n) is 6.55. The Kier molecular flexibility index (Phi) is 6.68. The number of esters is 1. The molecule has 0 atom stereocenters. The van der Waals surface area contributed by atoms with E-state index in [1.165, 1.54) is 4.90 Å². The van der Waals surface area contributed by atoms with Gasteiger partial charge in [-0.1, -0.05) is 37.0 Å². The van der Waals surface area contributed by atoms with Crippen LogP contribution in [0.15, 0.2) is 48.5 Å². The number of rotatable bonds is 6. The van der Waals surface area contributed by atoms with Gasteiger partial charge in [0.05, 0.1) is 6.42 Å². The predicted molar refractivity (Wildman–Crippen MR) is 127 cm³/mol. The van der Waals surface area contributed by atoms with Crippen molar-refractivity contribution in [2.24, 2.45) is 0 Å². The summed E-state index contributed by atoms with van der Waals surface area (Å²) in [6, 6.07) is 13.5. The molecule has 2 aromatic carbocycles. The van der Waals surface area contributed by atoms with Gasteiger partial charge in [0.2, 0.25) is 0 Å². The van der Waals surface area contributed by atoms with E-state index in [-0.39, 0.29) is 24.8 Å². The number of nitrogens with zero attached hydrogens (tertiary/aromatic N) is 2. The van der Waals surface area contributed by atoms with Crippen molar-refractivity contribution in [3.63, 3.8) is 0 Å². The topological polar surface area (TPSA) is 96.0 Å². The van der Waals surface area contributed by atoms with Gasteiger partial charge in [-0.15, -0.1) is 0 Å². The second-order valence-corrected chi connectivity index (χ2v) is 8.98. The summed E-state index contributed by atoms with van der Waals surface area (Å²) < 4.78 is 5.36. The van der Waals surface area contributed by atoms with E-state index in [2.05, 4.69) is 5.32 Å². The Morgan fingerprint density at radius 2 is 1.65 bits per heavy atom. The molecule has 1 spiro atoms. The van der Waals surface area contributed by atoms with Crippen LogP contribution < -0.4 is 15.0 Å². The van der Waals surface area contributed by atoms with E-state index in [0.29, 0.717) is 29.8 Å². The third kappa shape index (κ3) is 4.81. The van der Waals surface area contributed by atoms with Gasteiger partial charge in [-0.2, -0.15) is 0 Å². The molecule has 8 heteroatoms. The molecule has 2 aromatic rings. The van der Waals surface area contributed by atoms with Gasteiger partial charge < -0.3 is 15.0 Å². The normalized spacial score (nSPS) is 16.9. The molecule has 1 aliphatic carbocycles. The van der Waals surface area contributed by atoms with Crippen LogP contribution in [-0.4, -0.2) is 47.8 Å². The first-order valence-corrected chi connectivity index (χ1v) is 11.6. The minimum absolute atomic E-state index is 0.0167. The van der Waals surface area contributed by atoms with Gasteiger partial charge in [0, 0.05) is 24.8 Å². The Morgan fingerprint density at radius 1 is 1.00 bits per heavy atom. The van der Waals surface area contributed by atoms with Gasteiger partial charge in [0.1, 0.15) is 11.3 Å².